The summed E-state index contributed by atoms with van der Waals surface area (Å²) in [5, 5.41) is 3.32. The summed E-state index contributed by atoms with van der Waals surface area (Å²) in [5.74, 6) is 2.81. The zero-order valence-electron chi connectivity index (χ0n) is 13.7. The third kappa shape index (κ3) is 3.67. The lowest BCUT2D eigenvalue weighted by molar-refractivity contribution is 0.264. The molecule has 0 atom stereocenters. The van der Waals surface area contributed by atoms with Crippen LogP contribution < -0.4 is 10.1 Å². The number of hydrogen-bond acceptors (Lipinski definition) is 3. The molecule has 0 aliphatic heterocycles. The number of furan rings is 1. The van der Waals surface area contributed by atoms with E-state index in [1.54, 1.807) is 0 Å². The van der Waals surface area contributed by atoms with E-state index >= 15 is 0 Å². The van der Waals surface area contributed by atoms with E-state index in [1.807, 2.05) is 6.92 Å². The first-order valence-corrected chi connectivity index (χ1v) is 7.51. The molecular weight excluding hydrogens is 262 g/mol. The van der Waals surface area contributed by atoms with Gasteiger partial charge in [0.2, 0.25) is 0 Å². The van der Waals surface area contributed by atoms with E-state index in [2.05, 4.69) is 51.2 Å². The minimum Gasteiger partial charge on any atom is -0.485 e. The summed E-state index contributed by atoms with van der Waals surface area (Å²) < 4.78 is 11.8. The third-order valence-electron chi connectivity index (χ3n) is 3.87. The van der Waals surface area contributed by atoms with Crippen LogP contribution >= 0.6 is 0 Å². The normalized spacial score (nSPS) is 10.9. The fourth-order valence-corrected chi connectivity index (χ4v) is 2.38. The standard InChI is InChI=1S/C18H25NO2/c1-6-19-10-16-9-17(21-15(16)5)11-20-18-13(3)8-7-12(2)14(18)4/h7-9,19H,6,10-11H2,1-5H3. The molecule has 0 unspecified atom stereocenters. The van der Waals surface area contributed by atoms with Gasteiger partial charge in [-0.25, -0.2) is 0 Å². The molecule has 3 nitrogen and oxygen atoms in total. The van der Waals surface area contributed by atoms with Crippen LogP contribution in [0.25, 0.3) is 0 Å². The number of nitrogens with one attached hydrogen (secondary N) is 1. The molecule has 0 aliphatic carbocycles. The topological polar surface area (TPSA) is 34.4 Å². The maximum atomic E-state index is 5.99. The van der Waals surface area contributed by atoms with Crippen molar-refractivity contribution in [2.45, 2.75) is 47.8 Å². The average Bonchev–Trinajstić information content (AvgIpc) is 2.81. The Morgan fingerprint density at radius 2 is 1.81 bits per heavy atom. The Morgan fingerprint density at radius 1 is 1.10 bits per heavy atom. The summed E-state index contributed by atoms with van der Waals surface area (Å²) in [4.78, 5) is 0. The summed E-state index contributed by atoms with van der Waals surface area (Å²) in [7, 11) is 0. The number of rotatable bonds is 6. The Bertz CT molecular complexity index is 614. The fraction of sp³-hybridized carbons (Fsp3) is 0.444. The zero-order valence-corrected chi connectivity index (χ0v) is 13.7. The molecular formula is C18H25NO2. The Morgan fingerprint density at radius 3 is 2.52 bits per heavy atom. The molecule has 0 saturated heterocycles. The van der Waals surface area contributed by atoms with Crippen LogP contribution in [-0.4, -0.2) is 6.54 Å². The molecule has 1 aromatic carbocycles. The van der Waals surface area contributed by atoms with Crippen molar-refractivity contribution < 1.29 is 9.15 Å². The molecule has 1 heterocycles. The van der Waals surface area contributed by atoms with E-state index in [0.29, 0.717) is 6.61 Å². The van der Waals surface area contributed by atoms with Gasteiger partial charge in [-0.15, -0.1) is 0 Å². The minimum absolute atomic E-state index is 0.470. The van der Waals surface area contributed by atoms with Crippen molar-refractivity contribution in [3.8, 4) is 5.75 Å². The average molecular weight is 287 g/mol. The van der Waals surface area contributed by atoms with Gasteiger partial charge < -0.3 is 14.5 Å². The highest BCUT2D eigenvalue weighted by Crippen LogP contribution is 2.27. The van der Waals surface area contributed by atoms with Crippen LogP contribution in [-0.2, 0) is 13.2 Å². The molecule has 0 spiro atoms. The Labute approximate surface area is 127 Å². The van der Waals surface area contributed by atoms with Gasteiger partial charge in [0, 0.05) is 12.1 Å². The van der Waals surface area contributed by atoms with Gasteiger partial charge in [0.15, 0.2) is 0 Å². The molecule has 0 saturated carbocycles. The number of benzene rings is 1. The Kier molecular flexibility index (Phi) is 5.07. The molecule has 2 rings (SSSR count). The first kappa shape index (κ1) is 15.6. The van der Waals surface area contributed by atoms with E-state index in [0.717, 1.165) is 35.9 Å². The Hall–Kier alpha value is -1.74. The maximum Gasteiger partial charge on any atom is 0.146 e. The van der Waals surface area contributed by atoms with E-state index < -0.39 is 0 Å². The second kappa shape index (κ2) is 6.81. The zero-order chi connectivity index (χ0) is 15.4. The van der Waals surface area contributed by atoms with E-state index in [-0.39, 0.29) is 0 Å². The predicted octanol–water partition coefficient (Wildman–Crippen LogP) is 4.20. The lowest BCUT2D eigenvalue weighted by Gasteiger charge is -2.12. The van der Waals surface area contributed by atoms with Crippen LogP contribution in [0.4, 0.5) is 0 Å². The van der Waals surface area contributed by atoms with Crippen molar-refractivity contribution in [2.75, 3.05) is 6.54 Å². The highest BCUT2D eigenvalue weighted by atomic mass is 16.5. The molecule has 1 N–H and O–H groups in total. The van der Waals surface area contributed by atoms with Crippen LogP contribution in [0, 0.1) is 27.7 Å². The second-order valence-corrected chi connectivity index (χ2v) is 5.52. The second-order valence-electron chi connectivity index (χ2n) is 5.52. The van der Waals surface area contributed by atoms with Gasteiger partial charge in [-0.2, -0.15) is 0 Å². The van der Waals surface area contributed by atoms with Crippen LogP contribution in [0.5, 0.6) is 5.75 Å². The van der Waals surface area contributed by atoms with Crippen LogP contribution in [0.2, 0.25) is 0 Å². The molecule has 0 radical (unpaired) electrons. The molecule has 0 fully saturated rings. The van der Waals surface area contributed by atoms with Crippen molar-refractivity contribution in [1.29, 1.82) is 0 Å². The van der Waals surface area contributed by atoms with Gasteiger partial charge in [-0.05, 0) is 57.0 Å². The molecule has 21 heavy (non-hydrogen) atoms. The van der Waals surface area contributed by atoms with E-state index in [9.17, 15) is 0 Å². The van der Waals surface area contributed by atoms with Crippen LogP contribution in [0.15, 0.2) is 22.6 Å². The summed E-state index contributed by atoms with van der Waals surface area (Å²) in [6.45, 7) is 12.6. The van der Waals surface area contributed by atoms with E-state index in [4.69, 9.17) is 9.15 Å². The minimum atomic E-state index is 0.470. The number of ether oxygens (including phenoxy) is 1. The maximum absolute atomic E-state index is 5.99. The first-order chi connectivity index (χ1) is 10.0. The highest BCUT2D eigenvalue weighted by molar-refractivity contribution is 5.44. The summed E-state index contributed by atoms with van der Waals surface area (Å²) in [6, 6.07) is 6.31. The lowest BCUT2D eigenvalue weighted by Crippen LogP contribution is -2.11. The summed E-state index contributed by atoms with van der Waals surface area (Å²) in [6.07, 6.45) is 0. The molecule has 0 bridgehead atoms. The predicted molar refractivity (Wildman–Crippen MR) is 85.8 cm³/mol. The highest BCUT2D eigenvalue weighted by Gasteiger charge is 2.10. The largest absolute Gasteiger partial charge is 0.485 e. The quantitative estimate of drug-likeness (QED) is 0.864. The van der Waals surface area contributed by atoms with Crippen molar-refractivity contribution in [3.05, 3.63) is 52.0 Å². The van der Waals surface area contributed by atoms with E-state index in [1.165, 1.54) is 16.7 Å². The molecule has 0 aliphatic rings. The lowest BCUT2D eigenvalue weighted by atomic mass is 10.1. The molecule has 0 amide bonds. The third-order valence-corrected chi connectivity index (χ3v) is 3.87. The fourth-order valence-electron chi connectivity index (χ4n) is 2.38. The summed E-state index contributed by atoms with van der Waals surface area (Å²) in [5.41, 5.74) is 4.81. The van der Waals surface area contributed by atoms with Crippen LogP contribution in [0.1, 0.15) is 40.7 Å². The first-order valence-electron chi connectivity index (χ1n) is 7.51. The van der Waals surface area contributed by atoms with Gasteiger partial charge in [0.05, 0.1) is 0 Å². The van der Waals surface area contributed by atoms with Crippen molar-refractivity contribution in [2.24, 2.45) is 0 Å². The van der Waals surface area contributed by atoms with Gasteiger partial charge in [-0.3, -0.25) is 0 Å². The van der Waals surface area contributed by atoms with Crippen molar-refractivity contribution in [3.63, 3.8) is 0 Å². The smallest absolute Gasteiger partial charge is 0.146 e. The van der Waals surface area contributed by atoms with Crippen molar-refractivity contribution in [1.82, 2.24) is 5.32 Å². The Balaban J connectivity index is 2.08. The molecule has 1 aromatic heterocycles. The number of hydrogen-bond donors (Lipinski definition) is 1. The molecule has 2 aromatic rings. The van der Waals surface area contributed by atoms with Crippen LogP contribution in [0.3, 0.4) is 0 Å². The molecule has 114 valence electrons. The number of aryl methyl sites for hydroxylation is 3. The van der Waals surface area contributed by atoms with Gasteiger partial charge >= 0.3 is 0 Å². The van der Waals surface area contributed by atoms with Crippen molar-refractivity contribution >= 4 is 0 Å². The summed E-state index contributed by atoms with van der Waals surface area (Å²) >= 11 is 0. The molecule has 3 heteroatoms. The van der Waals surface area contributed by atoms with Gasteiger partial charge in [0.25, 0.3) is 0 Å². The SMILES string of the molecule is CCNCc1cc(COc2c(C)ccc(C)c2C)oc1C. The van der Waals surface area contributed by atoms with Gasteiger partial charge in [0.1, 0.15) is 23.9 Å². The van der Waals surface area contributed by atoms with Gasteiger partial charge in [-0.1, -0.05) is 19.1 Å². The monoisotopic (exact) mass is 287 g/mol.